The molecule has 0 fully saturated rings. The van der Waals surface area contributed by atoms with Crippen LogP contribution >= 0.6 is 0 Å². The van der Waals surface area contributed by atoms with Crippen molar-refractivity contribution < 1.29 is 18.0 Å². The lowest BCUT2D eigenvalue weighted by atomic mass is 10.00. The Labute approximate surface area is 221 Å². The molecule has 3 aromatic heterocycles. The fraction of sp³-hybridized carbons (Fsp3) is 0.222. The van der Waals surface area contributed by atoms with Crippen molar-refractivity contribution in [3.05, 3.63) is 72.7 Å². The molecule has 5 aromatic rings. The number of aromatic nitrogens is 6. The maximum Gasteiger partial charge on any atom is 0.451 e. The van der Waals surface area contributed by atoms with Crippen LogP contribution in [0.2, 0.25) is 0 Å². The van der Waals surface area contributed by atoms with Gasteiger partial charge >= 0.3 is 6.18 Å². The second kappa shape index (κ2) is 9.22. The van der Waals surface area contributed by atoms with Crippen molar-refractivity contribution in [1.29, 1.82) is 0 Å². The quantitative estimate of drug-likeness (QED) is 0.320. The van der Waals surface area contributed by atoms with Gasteiger partial charge in [-0.2, -0.15) is 18.3 Å². The summed E-state index contributed by atoms with van der Waals surface area (Å²) < 4.78 is 45.3. The second-order valence-electron chi connectivity index (χ2n) is 10.1. The summed E-state index contributed by atoms with van der Waals surface area (Å²) in [5.74, 6) is -1.95. The standard InChI is InChI=1S/C27H25F3N8O/c1-26(2,3)36-19-10-15(8-9-17(19)24(31)39)22-18-6-5-7-21(23(18)35-25(34-22)27(28,29)30)38-13-20(32-14-38)16-11-33-37(4)12-16/h5-14,36H,1-4H3,(H2,31,39). The minimum Gasteiger partial charge on any atom is -0.380 e. The molecular weight excluding hydrogens is 509 g/mol. The van der Waals surface area contributed by atoms with Gasteiger partial charge in [-0.3, -0.25) is 9.48 Å². The summed E-state index contributed by atoms with van der Waals surface area (Å²) in [4.78, 5) is 24.3. The van der Waals surface area contributed by atoms with Crippen LogP contribution in [0.4, 0.5) is 18.9 Å². The Bertz CT molecular complexity index is 1710. The Morgan fingerprint density at radius 1 is 1.03 bits per heavy atom. The van der Waals surface area contributed by atoms with E-state index in [0.717, 1.165) is 5.56 Å². The molecule has 0 spiro atoms. The molecular formula is C27H25F3N8O. The molecule has 0 aliphatic heterocycles. The number of hydrogen-bond acceptors (Lipinski definition) is 6. The van der Waals surface area contributed by atoms with Crippen LogP contribution in [0.15, 0.2) is 61.3 Å². The normalized spacial score (nSPS) is 12.2. The highest BCUT2D eigenvalue weighted by atomic mass is 19.4. The van der Waals surface area contributed by atoms with Gasteiger partial charge in [-0.05, 0) is 39.0 Å². The number of nitrogens with zero attached hydrogens (tertiary/aromatic N) is 6. The number of hydrogen-bond donors (Lipinski definition) is 2. The Balaban J connectivity index is 1.73. The number of rotatable bonds is 5. The molecule has 2 aromatic carbocycles. The average Bonchev–Trinajstić information content (AvgIpc) is 3.50. The third-order valence-electron chi connectivity index (χ3n) is 5.89. The molecule has 0 aliphatic rings. The highest BCUT2D eigenvalue weighted by Gasteiger charge is 2.36. The van der Waals surface area contributed by atoms with E-state index in [-0.39, 0.29) is 16.8 Å². The van der Waals surface area contributed by atoms with Crippen molar-refractivity contribution in [1.82, 2.24) is 29.3 Å². The number of amides is 1. The Morgan fingerprint density at radius 2 is 1.79 bits per heavy atom. The topological polar surface area (TPSA) is 117 Å². The molecule has 9 nitrogen and oxygen atoms in total. The van der Waals surface area contributed by atoms with E-state index < -0.39 is 23.4 Å². The van der Waals surface area contributed by atoms with Gasteiger partial charge in [0.05, 0.1) is 40.7 Å². The van der Waals surface area contributed by atoms with E-state index in [0.29, 0.717) is 28.0 Å². The summed E-state index contributed by atoms with van der Waals surface area (Å²) in [5.41, 5.74) is 7.99. The molecule has 0 saturated heterocycles. The van der Waals surface area contributed by atoms with E-state index >= 15 is 0 Å². The Kier molecular flexibility index (Phi) is 6.12. The SMILES string of the molecule is Cn1cc(-c2cn(-c3cccc4c(-c5ccc(C(N)=O)c(NC(C)(C)C)c5)nc(C(F)(F)F)nc34)cn2)cn1. The van der Waals surface area contributed by atoms with Crippen LogP contribution < -0.4 is 11.1 Å². The Hall–Kier alpha value is -4.74. The molecule has 0 saturated carbocycles. The average molecular weight is 535 g/mol. The van der Waals surface area contributed by atoms with Gasteiger partial charge in [-0.1, -0.05) is 18.2 Å². The molecule has 39 heavy (non-hydrogen) atoms. The zero-order valence-corrected chi connectivity index (χ0v) is 21.6. The number of carbonyl (C=O) groups is 1. The summed E-state index contributed by atoms with van der Waals surface area (Å²) in [6, 6.07) is 9.63. The van der Waals surface area contributed by atoms with Gasteiger partial charge in [0.15, 0.2) is 0 Å². The molecule has 0 bridgehead atoms. The summed E-state index contributed by atoms with van der Waals surface area (Å²) in [5, 5.41) is 7.74. The first-order chi connectivity index (χ1) is 18.3. The Morgan fingerprint density at radius 3 is 2.44 bits per heavy atom. The van der Waals surface area contributed by atoms with Gasteiger partial charge in [0.25, 0.3) is 5.91 Å². The van der Waals surface area contributed by atoms with Gasteiger partial charge in [-0.25, -0.2) is 15.0 Å². The first kappa shape index (κ1) is 25.9. The number of carbonyl (C=O) groups excluding carboxylic acids is 1. The summed E-state index contributed by atoms with van der Waals surface area (Å²) in [6.07, 6.45) is 1.85. The van der Waals surface area contributed by atoms with Crippen molar-refractivity contribution in [3.8, 4) is 28.2 Å². The number of fused-ring (bicyclic) bond motifs is 1. The molecule has 0 atom stereocenters. The van der Waals surface area contributed by atoms with Gasteiger partial charge < -0.3 is 15.6 Å². The number of benzene rings is 2. The van der Waals surface area contributed by atoms with Gasteiger partial charge in [0.1, 0.15) is 0 Å². The number of para-hydroxylation sites is 1. The summed E-state index contributed by atoms with van der Waals surface area (Å²) in [6.45, 7) is 5.68. The number of aryl methyl sites for hydroxylation is 1. The lowest BCUT2D eigenvalue weighted by Gasteiger charge is -2.24. The first-order valence-corrected chi connectivity index (χ1v) is 11.9. The van der Waals surface area contributed by atoms with Gasteiger partial charge in [0, 0.05) is 47.2 Å². The zero-order chi connectivity index (χ0) is 28.1. The third kappa shape index (κ3) is 5.17. The third-order valence-corrected chi connectivity index (χ3v) is 5.89. The second-order valence-corrected chi connectivity index (χ2v) is 10.1. The van der Waals surface area contributed by atoms with E-state index in [1.54, 1.807) is 59.2 Å². The van der Waals surface area contributed by atoms with Crippen LogP contribution in [0.3, 0.4) is 0 Å². The van der Waals surface area contributed by atoms with Crippen molar-refractivity contribution >= 4 is 22.5 Å². The largest absolute Gasteiger partial charge is 0.451 e. The monoisotopic (exact) mass is 534 g/mol. The van der Waals surface area contributed by atoms with Crippen molar-refractivity contribution in [2.75, 3.05) is 5.32 Å². The van der Waals surface area contributed by atoms with Crippen molar-refractivity contribution in [3.63, 3.8) is 0 Å². The fourth-order valence-corrected chi connectivity index (χ4v) is 4.26. The van der Waals surface area contributed by atoms with Gasteiger partial charge in [-0.15, -0.1) is 0 Å². The van der Waals surface area contributed by atoms with Crippen molar-refractivity contribution in [2.45, 2.75) is 32.5 Å². The molecule has 3 N–H and O–H groups in total. The number of primary amides is 1. The molecule has 200 valence electrons. The highest BCUT2D eigenvalue weighted by molar-refractivity contribution is 6.01. The lowest BCUT2D eigenvalue weighted by molar-refractivity contribution is -0.144. The predicted octanol–water partition coefficient (Wildman–Crippen LogP) is 5.21. The molecule has 5 rings (SSSR count). The summed E-state index contributed by atoms with van der Waals surface area (Å²) in [7, 11) is 1.78. The highest BCUT2D eigenvalue weighted by Crippen LogP contribution is 2.36. The van der Waals surface area contributed by atoms with E-state index in [4.69, 9.17) is 5.73 Å². The van der Waals surface area contributed by atoms with E-state index in [9.17, 15) is 18.0 Å². The number of imidazole rings is 1. The fourth-order valence-electron chi connectivity index (χ4n) is 4.26. The molecule has 1 amide bonds. The number of alkyl halides is 3. The van der Waals surface area contributed by atoms with Crippen LogP contribution in [0.25, 0.3) is 39.1 Å². The first-order valence-electron chi connectivity index (χ1n) is 11.9. The maximum atomic E-state index is 14.0. The van der Waals surface area contributed by atoms with Crippen LogP contribution in [0.1, 0.15) is 37.0 Å². The number of halogens is 3. The van der Waals surface area contributed by atoms with Crippen LogP contribution in [0.5, 0.6) is 0 Å². The molecule has 0 unspecified atom stereocenters. The van der Waals surface area contributed by atoms with E-state index in [2.05, 4.69) is 25.4 Å². The molecule has 0 radical (unpaired) electrons. The molecule has 0 aliphatic carbocycles. The lowest BCUT2D eigenvalue weighted by Crippen LogP contribution is -2.28. The van der Waals surface area contributed by atoms with Crippen molar-refractivity contribution in [2.24, 2.45) is 12.8 Å². The maximum absolute atomic E-state index is 14.0. The van der Waals surface area contributed by atoms with Crippen LogP contribution in [0, 0.1) is 0 Å². The molecule has 12 heteroatoms. The zero-order valence-electron chi connectivity index (χ0n) is 21.6. The number of nitrogens with two attached hydrogens (primary N) is 1. The van der Waals surface area contributed by atoms with E-state index in [1.807, 2.05) is 20.8 Å². The predicted molar refractivity (Wildman–Crippen MR) is 141 cm³/mol. The summed E-state index contributed by atoms with van der Waals surface area (Å²) >= 11 is 0. The van der Waals surface area contributed by atoms with E-state index in [1.165, 1.54) is 18.5 Å². The van der Waals surface area contributed by atoms with Crippen LogP contribution in [-0.2, 0) is 13.2 Å². The molecule has 3 heterocycles. The smallest absolute Gasteiger partial charge is 0.380 e. The minimum absolute atomic E-state index is 0.0646. The minimum atomic E-state index is -4.80. The number of anilines is 1. The number of nitrogens with one attached hydrogen (secondary N) is 1. The van der Waals surface area contributed by atoms with Crippen LogP contribution in [-0.4, -0.2) is 40.7 Å². The van der Waals surface area contributed by atoms with Gasteiger partial charge in [0.2, 0.25) is 5.82 Å².